The summed E-state index contributed by atoms with van der Waals surface area (Å²) in [5, 5.41) is 3.39. The maximum Gasteiger partial charge on any atom is 0.0774 e. The molecule has 0 aromatic carbocycles. The Morgan fingerprint density at radius 2 is 2.30 bits per heavy atom. The minimum atomic E-state index is 0.458. The normalized spacial score (nSPS) is 32.4. The summed E-state index contributed by atoms with van der Waals surface area (Å²) in [6.45, 7) is 8.49. The van der Waals surface area contributed by atoms with Gasteiger partial charge in [-0.15, -0.1) is 0 Å². The topological polar surface area (TPSA) is 21.3 Å². The highest BCUT2D eigenvalue weighted by Crippen LogP contribution is 2.20. The standard InChI is InChI=1S/C8H17NO/c1-4-9-7-5-10-8(7)6(2)3/h6-9H,4-5H2,1-3H3. The van der Waals surface area contributed by atoms with Gasteiger partial charge in [0.2, 0.25) is 0 Å². The second kappa shape index (κ2) is 3.35. The van der Waals surface area contributed by atoms with Gasteiger partial charge in [-0.2, -0.15) is 0 Å². The van der Waals surface area contributed by atoms with Crippen LogP contribution in [-0.2, 0) is 4.74 Å². The Labute approximate surface area is 63.0 Å². The van der Waals surface area contributed by atoms with E-state index in [4.69, 9.17) is 4.74 Å². The fraction of sp³-hybridized carbons (Fsp3) is 1.00. The minimum absolute atomic E-state index is 0.458. The molecule has 0 saturated carbocycles. The van der Waals surface area contributed by atoms with Crippen molar-refractivity contribution < 1.29 is 4.74 Å². The van der Waals surface area contributed by atoms with Crippen LogP contribution in [0.3, 0.4) is 0 Å². The summed E-state index contributed by atoms with van der Waals surface area (Å²) in [7, 11) is 0. The van der Waals surface area contributed by atoms with Gasteiger partial charge in [0, 0.05) is 0 Å². The van der Waals surface area contributed by atoms with E-state index < -0.39 is 0 Å². The Morgan fingerprint density at radius 1 is 1.60 bits per heavy atom. The molecular formula is C8H17NO. The number of rotatable bonds is 3. The van der Waals surface area contributed by atoms with Crippen molar-refractivity contribution >= 4 is 0 Å². The van der Waals surface area contributed by atoms with Gasteiger partial charge in [0.25, 0.3) is 0 Å². The lowest BCUT2D eigenvalue weighted by atomic mass is 9.95. The molecule has 2 nitrogen and oxygen atoms in total. The predicted molar refractivity (Wildman–Crippen MR) is 42.0 cm³/mol. The highest BCUT2D eigenvalue weighted by atomic mass is 16.5. The molecule has 1 saturated heterocycles. The molecule has 60 valence electrons. The Hall–Kier alpha value is -0.0800. The predicted octanol–water partition coefficient (Wildman–Crippen LogP) is 1.02. The molecule has 0 aromatic rings. The lowest BCUT2D eigenvalue weighted by Gasteiger charge is -2.39. The molecule has 1 aliphatic heterocycles. The molecule has 10 heavy (non-hydrogen) atoms. The molecule has 0 bridgehead atoms. The van der Waals surface area contributed by atoms with Gasteiger partial charge < -0.3 is 10.1 Å². The first-order valence-corrected chi connectivity index (χ1v) is 4.10. The van der Waals surface area contributed by atoms with Crippen LogP contribution in [0.1, 0.15) is 20.8 Å². The first kappa shape index (κ1) is 8.02. The zero-order chi connectivity index (χ0) is 7.56. The van der Waals surface area contributed by atoms with Gasteiger partial charge in [0.1, 0.15) is 0 Å². The Morgan fingerprint density at radius 3 is 2.60 bits per heavy atom. The Kier molecular flexibility index (Phi) is 2.69. The van der Waals surface area contributed by atoms with Crippen molar-refractivity contribution in [3.05, 3.63) is 0 Å². The van der Waals surface area contributed by atoms with E-state index in [2.05, 4.69) is 26.1 Å². The molecule has 1 rings (SSSR count). The number of hydrogen-bond donors (Lipinski definition) is 1. The fourth-order valence-electron chi connectivity index (χ4n) is 1.40. The second-order valence-corrected chi connectivity index (χ2v) is 3.21. The number of hydrogen-bond acceptors (Lipinski definition) is 2. The Balaban J connectivity index is 2.22. The molecule has 2 heteroatoms. The van der Waals surface area contributed by atoms with E-state index in [1.807, 2.05) is 0 Å². The number of nitrogens with one attached hydrogen (secondary N) is 1. The highest BCUT2D eigenvalue weighted by molar-refractivity contribution is 4.86. The largest absolute Gasteiger partial charge is 0.375 e. The number of likely N-dealkylation sites (N-methyl/N-ethyl adjacent to an activating group) is 1. The monoisotopic (exact) mass is 143 g/mol. The van der Waals surface area contributed by atoms with Crippen LogP contribution in [0.25, 0.3) is 0 Å². The van der Waals surface area contributed by atoms with Gasteiger partial charge in [0.15, 0.2) is 0 Å². The lowest BCUT2D eigenvalue weighted by molar-refractivity contribution is -0.110. The number of ether oxygens (including phenoxy) is 1. The summed E-state index contributed by atoms with van der Waals surface area (Å²) in [6, 6.07) is 0.616. The van der Waals surface area contributed by atoms with Crippen LogP contribution in [-0.4, -0.2) is 25.3 Å². The molecule has 2 unspecified atom stereocenters. The van der Waals surface area contributed by atoms with E-state index in [1.54, 1.807) is 0 Å². The maximum absolute atomic E-state index is 5.39. The molecule has 1 heterocycles. The van der Waals surface area contributed by atoms with Crippen LogP contribution < -0.4 is 5.32 Å². The zero-order valence-corrected chi connectivity index (χ0v) is 7.05. The second-order valence-electron chi connectivity index (χ2n) is 3.21. The summed E-state index contributed by atoms with van der Waals surface area (Å²) in [5.74, 6) is 0.651. The smallest absolute Gasteiger partial charge is 0.0774 e. The quantitative estimate of drug-likeness (QED) is 0.637. The van der Waals surface area contributed by atoms with E-state index in [1.165, 1.54) is 0 Å². The molecule has 0 aliphatic carbocycles. The van der Waals surface area contributed by atoms with Crippen LogP contribution >= 0.6 is 0 Å². The van der Waals surface area contributed by atoms with E-state index >= 15 is 0 Å². The van der Waals surface area contributed by atoms with Gasteiger partial charge in [-0.3, -0.25) is 0 Å². The first-order valence-electron chi connectivity index (χ1n) is 4.10. The summed E-state index contributed by atoms with van der Waals surface area (Å²) in [4.78, 5) is 0. The molecule has 1 fully saturated rings. The van der Waals surface area contributed by atoms with E-state index in [0.29, 0.717) is 18.1 Å². The highest BCUT2D eigenvalue weighted by Gasteiger charge is 2.33. The third-order valence-electron chi connectivity index (χ3n) is 1.99. The van der Waals surface area contributed by atoms with Crippen LogP contribution in [0.4, 0.5) is 0 Å². The fourth-order valence-corrected chi connectivity index (χ4v) is 1.40. The van der Waals surface area contributed by atoms with Crippen molar-refractivity contribution in [2.24, 2.45) is 5.92 Å². The van der Waals surface area contributed by atoms with Crippen molar-refractivity contribution in [3.8, 4) is 0 Å². The molecular weight excluding hydrogens is 126 g/mol. The van der Waals surface area contributed by atoms with Crippen LogP contribution in [0.2, 0.25) is 0 Å². The van der Waals surface area contributed by atoms with Gasteiger partial charge in [-0.05, 0) is 12.5 Å². The van der Waals surface area contributed by atoms with Crippen molar-refractivity contribution in [2.75, 3.05) is 13.2 Å². The van der Waals surface area contributed by atoms with Crippen molar-refractivity contribution in [3.63, 3.8) is 0 Å². The van der Waals surface area contributed by atoms with Crippen LogP contribution in [0.15, 0.2) is 0 Å². The van der Waals surface area contributed by atoms with E-state index in [9.17, 15) is 0 Å². The molecule has 2 atom stereocenters. The average Bonchev–Trinajstić information content (AvgIpc) is 1.78. The van der Waals surface area contributed by atoms with Crippen molar-refractivity contribution in [1.29, 1.82) is 0 Å². The lowest BCUT2D eigenvalue weighted by Crippen LogP contribution is -2.56. The Bertz CT molecular complexity index is 103. The van der Waals surface area contributed by atoms with Gasteiger partial charge in [-0.1, -0.05) is 20.8 Å². The summed E-state index contributed by atoms with van der Waals surface area (Å²) in [6.07, 6.45) is 0.458. The third kappa shape index (κ3) is 1.50. The summed E-state index contributed by atoms with van der Waals surface area (Å²) < 4.78 is 5.39. The van der Waals surface area contributed by atoms with Gasteiger partial charge in [-0.25, -0.2) is 0 Å². The molecule has 1 N–H and O–H groups in total. The maximum atomic E-state index is 5.39. The molecule has 0 spiro atoms. The summed E-state index contributed by atoms with van der Waals surface area (Å²) >= 11 is 0. The summed E-state index contributed by atoms with van der Waals surface area (Å²) in [5.41, 5.74) is 0. The van der Waals surface area contributed by atoms with Crippen LogP contribution in [0, 0.1) is 5.92 Å². The molecule has 0 aromatic heterocycles. The van der Waals surface area contributed by atoms with Crippen molar-refractivity contribution in [1.82, 2.24) is 5.32 Å². The SMILES string of the molecule is CCNC1COC1C(C)C. The molecule has 0 radical (unpaired) electrons. The molecule has 0 amide bonds. The third-order valence-corrected chi connectivity index (χ3v) is 1.99. The van der Waals surface area contributed by atoms with Crippen LogP contribution in [0.5, 0.6) is 0 Å². The zero-order valence-electron chi connectivity index (χ0n) is 7.05. The molecule has 1 aliphatic rings. The van der Waals surface area contributed by atoms with E-state index in [0.717, 1.165) is 13.2 Å². The minimum Gasteiger partial charge on any atom is -0.375 e. The van der Waals surface area contributed by atoms with Gasteiger partial charge in [0.05, 0.1) is 18.8 Å². The van der Waals surface area contributed by atoms with Gasteiger partial charge >= 0.3 is 0 Å². The first-order chi connectivity index (χ1) is 4.75. The average molecular weight is 143 g/mol. The van der Waals surface area contributed by atoms with E-state index in [-0.39, 0.29) is 0 Å². The van der Waals surface area contributed by atoms with Crippen molar-refractivity contribution in [2.45, 2.75) is 32.9 Å².